The van der Waals surface area contributed by atoms with Gasteiger partial charge in [0.2, 0.25) is 0 Å². The summed E-state index contributed by atoms with van der Waals surface area (Å²) in [7, 11) is 1.49. The lowest BCUT2D eigenvalue weighted by Gasteiger charge is -2.18. The predicted molar refractivity (Wildman–Crippen MR) is 74.4 cm³/mol. The molecule has 0 saturated heterocycles. The topological polar surface area (TPSA) is 18.5 Å². The Kier molecular flexibility index (Phi) is 6.19. The van der Waals surface area contributed by atoms with Gasteiger partial charge in [-0.05, 0) is 36.6 Å². The van der Waals surface area contributed by atoms with Crippen molar-refractivity contribution in [2.45, 2.75) is 18.0 Å². The van der Waals surface area contributed by atoms with E-state index in [9.17, 15) is 13.2 Å². The Bertz CT molecular complexity index is 410. The molecule has 19 heavy (non-hydrogen) atoms. The highest BCUT2D eigenvalue weighted by Gasteiger charge is 2.31. The highest BCUT2D eigenvalue weighted by Crippen LogP contribution is 2.39. The maximum Gasteiger partial charge on any atom is 0.573 e. The van der Waals surface area contributed by atoms with Crippen LogP contribution in [0.2, 0.25) is 0 Å². The Labute approximate surface area is 120 Å². The van der Waals surface area contributed by atoms with E-state index >= 15 is 0 Å². The minimum absolute atomic E-state index is 0.0178. The number of methoxy groups -OCH3 is 1. The molecule has 1 rings (SSSR count). The SMILES string of the molecule is COc1ccc(OC(F)(F)F)cc1C(CCS)SC. The first kappa shape index (κ1) is 16.4. The van der Waals surface area contributed by atoms with Crippen molar-refractivity contribution in [2.75, 3.05) is 19.1 Å². The molecule has 0 bridgehead atoms. The monoisotopic (exact) mass is 312 g/mol. The molecule has 1 atom stereocenters. The van der Waals surface area contributed by atoms with E-state index in [0.717, 1.165) is 6.42 Å². The van der Waals surface area contributed by atoms with Crippen molar-refractivity contribution in [3.8, 4) is 11.5 Å². The molecule has 1 unspecified atom stereocenters. The van der Waals surface area contributed by atoms with E-state index in [1.165, 1.54) is 37.1 Å². The molecule has 108 valence electrons. The standard InChI is InChI=1S/C12H15F3O2S2/c1-16-10-4-3-8(17-12(13,14)15)7-9(10)11(19-2)5-6-18/h3-4,7,11,18H,5-6H2,1-2H3. The Morgan fingerprint density at radius 1 is 1.37 bits per heavy atom. The first-order chi connectivity index (χ1) is 8.91. The van der Waals surface area contributed by atoms with Crippen molar-refractivity contribution in [1.29, 1.82) is 0 Å². The van der Waals surface area contributed by atoms with E-state index in [4.69, 9.17) is 4.74 Å². The molecular weight excluding hydrogens is 297 g/mol. The number of hydrogen-bond acceptors (Lipinski definition) is 4. The average Bonchev–Trinajstić information content (AvgIpc) is 2.34. The number of halogens is 3. The number of alkyl halides is 3. The molecule has 0 saturated carbocycles. The summed E-state index contributed by atoms with van der Waals surface area (Å²) >= 11 is 5.70. The maximum atomic E-state index is 12.2. The number of hydrogen-bond donors (Lipinski definition) is 1. The number of benzene rings is 1. The van der Waals surface area contributed by atoms with Crippen LogP contribution in [0.1, 0.15) is 17.2 Å². The van der Waals surface area contributed by atoms with Gasteiger partial charge in [-0.3, -0.25) is 0 Å². The fourth-order valence-electron chi connectivity index (χ4n) is 1.68. The summed E-state index contributed by atoms with van der Waals surface area (Å²) in [6.07, 6.45) is -2.06. The lowest BCUT2D eigenvalue weighted by Crippen LogP contribution is -2.17. The molecule has 0 aromatic heterocycles. The van der Waals surface area contributed by atoms with E-state index in [2.05, 4.69) is 17.4 Å². The first-order valence-electron chi connectivity index (χ1n) is 5.48. The average molecular weight is 312 g/mol. The zero-order valence-corrected chi connectivity index (χ0v) is 12.2. The summed E-state index contributed by atoms with van der Waals surface area (Å²) in [5, 5.41) is 0.0178. The molecule has 0 N–H and O–H groups in total. The van der Waals surface area contributed by atoms with Crippen molar-refractivity contribution in [1.82, 2.24) is 0 Å². The normalized spacial score (nSPS) is 13.2. The molecule has 0 radical (unpaired) electrons. The summed E-state index contributed by atoms with van der Waals surface area (Å²) in [6.45, 7) is 0. The molecule has 0 aliphatic heterocycles. The van der Waals surface area contributed by atoms with Crippen LogP contribution in [0.3, 0.4) is 0 Å². The Morgan fingerprint density at radius 3 is 2.53 bits per heavy atom. The third kappa shape index (κ3) is 5.06. The number of rotatable bonds is 6. The zero-order chi connectivity index (χ0) is 14.5. The smallest absolute Gasteiger partial charge is 0.496 e. The largest absolute Gasteiger partial charge is 0.573 e. The number of thiol groups is 1. The van der Waals surface area contributed by atoms with Crippen molar-refractivity contribution < 1.29 is 22.6 Å². The van der Waals surface area contributed by atoms with Crippen LogP contribution in [0.5, 0.6) is 11.5 Å². The van der Waals surface area contributed by atoms with Crippen LogP contribution < -0.4 is 9.47 Å². The third-order valence-corrected chi connectivity index (χ3v) is 3.77. The zero-order valence-electron chi connectivity index (χ0n) is 10.5. The number of thioether (sulfide) groups is 1. The fraction of sp³-hybridized carbons (Fsp3) is 0.500. The molecule has 0 fully saturated rings. The lowest BCUT2D eigenvalue weighted by atomic mass is 10.1. The molecule has 7 heteroatoms. The second-order valence-electron chi connectivity index (χ2n) is 3.69. The molecule has 0 spiro atoms. The van der Waals surface area contributed by atoms with Crippen LogP contribution in [0.4, 0.5) is 13.2 Å². The van der Waals surface area contributed by atoms with Gasteiger partial charge in [0, 0.05) is 10.8 Å². The lowest BCUT2D eigenvalue weighted by molar-refractivity contribution is -0.274. The highest BCUT2D eigenvalue weighted by molar-refractivity contribution is 7.98. The number of ether oxygens (including phenoxy) is 2. The van der Waals surface area contributed by atoms with Crippen LogP contribution in [-0.4, -0.2) is 25.5 Å². The van der Waals surface area contributed by atoms with Gasteiger partial charge < -0.3 is 9.47 Å². The summed E-state index contributed by atoms with van der Waals surface area (Å²) in [5.41, 5.74) is 0.686. The molecule has 2 nitrogen and oxygen atoms in total. The fourth-order valence-corrected chi connectivity index (χ4v) is 2.90. The van der Waals surface area contributed by atoms with Gasteiger partial charge in [0.25, 0.3) is 0 Å². The second kappa shape index (κ2) is 7.19. The van der Waals surface area contributed by atoms with Crippen molar-refractivity contribution in [2.24, 2.45) is 0 Å². The first-order valence-corrected chi connectivity index (χ1v) is 7.40. The van der Waals surface area contributed by atoms with Gasteiger partial charge in [0.05, 0.1) is 7.11 Å². The van der Waals surface area contributed by atoms with Gasteiger partial charge >= 0.3 is 6.36 Å². The van der Waals surface area contributed by atoms with E-state index in [-0.39, 0.29) is 11.0 Å². The van der Waals surface area contributed by atoms with Crippen molar-refractivity contribution in [3.63, 3.8) is 0 Å². The second-order valence-corrected chi connectivity index (χ2v) is 5.18. The summed E-state index contributed by atoms with van der Waals surface area (Å²) in [6, 6.07) is 4.10. The van der Waals surface area contributed by atoms with Gasteiger partial charge in [-0.15, -0.1) is 13.2 Å². The molecular formula is C12H15F3O2S2. The highest BCUT2D eigenvalue weighted by atomic mass is 32.2. The van der Waals surface area contributed by atoms with Gasteiger partial charge in [-0.2, -0.15) is 24.4 Å². The van der Waals surface area contributed by atoms with Gasteiger partial charge in [0.15, 0.2) is 0 Å². The van der Waals surface area contributed by atoms with Crippen molar-refractivity contribution in [3.05, 3.63) is 23.8 Å². The van der Waals surface area contributed by atoms with Crippen molar-refractivity contribution >= 4 is 24.4 Å². The molecule has 0 amide bonds. The summed E-state index contributed by atoms with van der Waals surface area (Å²) < 4.78 is 45.8. The van der Waals surface area contributed by atoms with Crippen LogP contribution in [0.15, 0.2) is 18.2 Å². The van der Waals surface area contributed by atoms with Gasteiger partial charge in [-0.1, -0.05) is 0 Å². The van der Waals surface area contributed by atoms with E-state index in [0.29, 0.717) is 17.1 Å². The van der Waals surface area contributed by atoms with Crippen LogP contribution in [0.25, 0.3) is 0 Å². The van der Waals surface area contributed by atoms with Crippen LogP contribution in [-0.2, 0) is 0 Å². The Balaban J connectivity index is 3.08. The molecule has 0 aliphatic rings. The molecule has 1 aromatic carbocycles. The minimum Gasteiger partial charge on any atom is -0.496 e. The Morgan fingerprint density at radius 2 is 2.05 bits per heavy atom. The third-order valence-electron chi connectivity index (χ3n) is 2.46. The van der Waals surface area contributed by atoms with Crippen LogP contribution >= 0.6 is 24.4 Å². The van der Waals surface area contributed by atoms with Gasteiger partial charge in [-0.25, -0.2) is 0 Å². The van der Waals surface area contributed by atoms with Gasteiger partial charge in [0.1, 0.15) is 11.5 Å². The minimum atomic E-state index is -4.69. The quantitative estimate of drug-likeness (QED) is 0.789. The molecule has 0 heterocycles. The van der Waals surface area contributed by atoms with Crippen LogP contribution in [0, 0.1) is 0 Å². The summed E-state index contributed by atoms with van der Waals surface area (Å²) in [5.74, 6) is 0.955. The Hall–Kier alpha value is -0.690. The molecule has 1 aromatic rings. The molecule has 0 aliphatic carbocycles. The van der Waals surface area contributed by atoms with E-state index < -0.39 is 6.36 Å². The van der Waals surface area contributed by atoms with E-state index in [1.807, 2.05) is 6.26 Å². The van der Waals surface area contributed by atoms with E-state index in [1.54, 1.807) is 0 Å². The predicted octanol–water partition coefficient (Wildman–Crippen LogP) is 4.32. The summed E-state index contributed by atoms with van der Waals surface area (Å²) in [4.78, 5) is 0. The maximum absolute atomic E-state index is 12.2.